The molecular weight excluding hydrogens is 253 g/mol. The van der Waals surface area contributed by atoms with Crippen LogP contribution in [0.3, 0.4) is 0 Å². The zero-order chi connectivity index (χ0) is 13.3. The number of nitrogens with zero attached hydrogens (tertiary/aromatic N) is 1. The molecule has 3 nitrogen and oxygen atoms in total. The lowest BCUT2D eigenvalue weighted by Crippen LogP contribution is -2.30. The average molecular weight is 269 g/mol. The van der Waals surface area contributed by atoms with Crippen LogP contribution in [-0.4, -0.2) is 35.1 Å². The summed E-state index contributed by atoms with van der Waals surface area (Å²) in [7, 11) is 0. The van der Waals surface area contributed by atoms with E-state index >= 15 is 0 Å². The lowest BCUT2D eigenvalue weighted by molar-refractivity contribution is 0.0762. The molecule has 0 radical (unpaired) electrons. The van der Waals surface area contributed by atoms with Gasteiger partial charge in [-0.3, -0.25) is 4.79 Å². The van der Waals surface area contributed by atoms with E-state index in [1.54, 1.807) is 11.8 Å². The van der Waals surface area contributed by atoms with Gasteiger partial charge in [-0.15, -0.1) is 12.6 Å². The molecule has 98 valence electrons. The topological polar surface area (TPSA) is 40.5 Å². The Labute approximate surface area is 111 Å². The van der Waals surface area contributed by atoms with Gasteiger partial charge in [0.2, 0.25) is 0 Å². The zero-order valence-corrected chi connectivity index (χ0v) is 11.0. The quantitative estimate of drug-likeness (QED) is 0.806. The Morgan fingerprint density at radius 3 is 2.89 bits per heavy atom. The molecule has 1 heterocycles. The van der Waals surface area contributed by atoms with Crippen molar-refractivity contribution in [2.24, 2.45) is 5.92 Å². The first-order chi connectivity index (χ1) is 8.49. The molecule has 5 heteroatoms. The van der Waals surface area contributed by atoms with Crippen LogP contribution in [0.5, 0.6) is 0 Å². The van der Waals surface area contributed by atoms with Crippen LogP contribution < -0.4 is 0 Å². The van der Waals surface area contributed by atoms with Crippen LogP contribution in [0.1, 0.15) is 23.7 Å². The van der Waals surface area contributed by atoms with Crippen molar-refractivity contribution in [2.45, 2.75) is 24.3 Å². The van der Waals surface area contributed by atoms with Crippen LogP contribution in [0.2, 0.25) is 0 Å². The van der Waals surface area contributed by atoms with E-state index in [4.69, 9.17) is 0 Å². The Morgan fingerprint density at radius 1 is 1.61 bits per heavy atom. The number of carbonyl (C=O) groups is 1. The number of benzene rings is 1. The minimum atomic E-state index is -0.432. The van der Waals surface area contributed by atoms with Crippen molar-refractivity contribution in [1.82, 2.24) is 4.90 Å². The van der Waals surface area contributed by atoms with E-state index in [2.05, 4.69) is 12.6 Å². The highest BCUT2D eigenvalue weighted by Crippen LogP contribution is 2.22. The standard InChI is InChI=1S/C13H16FNO2S/c1-8(16)10-4-5-15(7-10)13(17)9-2-3-11(14)12(18)6-9/h2-3,6,8,10,16,18H,4-5,7H2,1H3. The van der Waals surface area contributed by atoms with E-state index < -0.39 is 11.9 Å². The van der Waals surface area contributed by atoms with Crippen LogP contribution in [0.15, 0.2) is 23.1 Å². The fraction of sp³-hybridized carbons (Fsp3) is 0.462. The van der Waals surface area contributed by atoms with Gasteiger partial charge in [-0.05, 0) is 31.5 Å². The van der Waals surface area contributed by atoms with Gasteiger partial charge in [-0.25, -0.2) is 4.39 Å². The summed E-state index contributed by atoms with van der Waals surface area (Å²) in [5.41, 5.74) is 0.438. The molecule has 1 saturated heterocycles. The van der Waals surface area contributed by atoms with Crippen LogP contribution in [-0.2, 0) is 0 Å². The molecule has 0 saturated carbocycles. The molecule has 1 fully saturated rings. The van der Waals surface area contributed by atoms with Gasteiger partial charge in [-0.2, -0.15) is 0 Å². The van der Waals surface area contributed by atoms with Crippen molar-refractivity contribution in [1.29, 1.82) is 0 Å². The van der Waals surface area contributed by atoms with Gasteiger partial charge in [0.05, 0.1) is 6.10 Å². The third kappa shape index (κ3) is 2.67. The monoisotopic (exact) mass is 269 g/mol. The number of hydrogen-bond donors (Lipinski definition) is 2. The second kappa shape index (κ2) is 5.28. The highest BCUT2D eigenvalue weighted by molar-refractivity contribution is 7.80. The largest absolute Gasteiger partial charge is 0.393 e. The Kier molecular flexibility index (Phi) is 3.92. The summed E-state index contributed by atoms with van der Waals surface area (Å²) in [6, 6.07) is 4.15. The third-order valence-electron chi connectivity index (χ3n) is 3.39. The average Bonchev–Trinajstić information content (AvgIpc) is 2.81. The van der Waals surface area contributed by atoms with Crippen LogP contribution in [0.25, 0.3) is 0 Å². The van der Waals surface area contributed by atoms with Crippen molar-refractivity contribution in [3.05, 3.63) is 29.6 Å². The fourth-order valence-corrected chi connectivity index (χ4v) is 2.41. The highest BCUT2D eigenvalue weighted by atomic mass is 32.1. The number of amides is 1. The predicted octanol–water partition coefficient (Wildman–Crippen LogP) is 1.96. The summed E-state index contributed by atoms with van der Waals surface area (Å²) in [4.78, 5) is 14.0. The normalized spacial score (nSPS) is 21.1. The molecule has 0 spiro atoms. The molecule has 1 N–H and O–H groups in total. The molecule has 1 aromatic carbocycles. The van der Waals surface area contributed by atoms with Gasteiger partial charge in [-0.1, -0.05) is 0 Å². The van der Waals surface area contributed by atoms with Crippen molar-refractivity contribution < 1.29 is 14.3 Å². The van der Waals surface area contributed by atoms with E-state index in [0.717, 1.165) is 6.42 Å². The number of aliphatic hydroxyl groups is 1. The number of likely N-dealkylation sites (tertiary alicyclic amines) is 1. The first-order valence-electron chi connectivity index (χ1n) is 5.95. The number of rotatable bonds is 2. The van der Waals surface area contributed by atoms with E-state index in [9.17, 15) is 14.3 Å². The van der Waals surface area contributed by atoms with Gasteiger partial charge < -0.3 is 10.0 Å². The number of hydrogen-bond acceptors (Lipinski definition) is 3. The van der Waals surface area contributed by atoms with E-state index in [-0.39, 0.29) is 16.7 Å². The first kappa shape index (κ1) is 13.4. The SMILES string of the molecule is CC(O)C1CCN(C(=O)c2ccc(F)c(S)c2)C1. The number of carbonyl (C=O) groups excluding carboxylic acids is 1. The molecule has 0 aromatic heterocycles. The lowest BCUT2D eigenvalue weighted by Gasteiger charge is -2.18. The fourth-order valence-electron chi connectivity index (χ4n) is 2.19. The van der Waals surface area contributed by atoms with Crippen molar-refractivity contribution in [3.8, 4) is 0 Å². The predicted molar refractivity (Wildman–Crippen MR) is 69.3 cm³/mol. The van der Waals surface area contributed by atoms with Crippen molar-refractivity contribution in [3.63, 3.8) is 0 Å². The number of halogens is 1. The number of thiol groups is 1. The smallest absolute Gasteiger partial charge is 0.253 e. The summed E-state index contributed by atoms with van der Waals surface area (Å²) >= 11 is 3.97. The lowest BCUT2D eigenvalue weighted by atomic mass is 10.0. The maximum absolute atomic E-state index is 13.1. The summed E-state index contributed by atoms with van der Waals surface area (Å²) < 4.78 is 13.1. The molecule has 0 bridgehead atoms. The summed E-state index contributed by atoms with van der Waals surface area (Å²) in [6.45, 7) is 2.92. The molecule has 1 aliphatic heterocycles. The van der Waals surface area contributed by atoms with Crippen LogP contribution in [0, 0.1) is 11.7 Å². The maximum atomic E-state index is 13.1. The van der Waals surface area contributed by atoms with Crippen LogP contribution in [0.4, 0.5) is 4.39 Å². The summed E-state index contributed by atoms with van der Waals surface area (Å²) in [6.07, 6.45) is 0.398. The van der Waals surface area contributed by atoms with Gasteiger partial charge in [0.25, 0.3) is 5.91 Å². The molecular formula is C13H16FNO2S. The Balaban J connectivity index is 2.10. The van der Waals surface area contributed by atoms with E-state index in [1.165, 1.54) is 18.2 Å². The molecule has 2 atom stereocenters. The second-order valence-electron chi connectivity index (χ2n) is 4.71. The minimum absolute atomic E-state index is 0.130. The van der Waals surface area contributed by atoms with E-state index in [0.29, 0.717) is 18.7 Å². The van der Waals surface area contributed by atoms with Gasteiger partial charge in [0, 0.05) is 29.5 Å². The van der Waals surface area contributed by atoms with Crippen molar-refractivity contribution >= 4 is 18.5 Å². The van der Waals surface area contributed by atoms with Gasteiger partial charge in [0.15, 0.2) is 0 Å². The number of aliphatic hydroxyl groups excluding tert-OH is 1. The second-order valence-corrected chi connectivity index (χ2v) is 5.19. The molecule has 1 amide bonds. The van der Waals surface area contributed by atoms with Crippen LogP contribution >= 0.6 is 12.6 Å². The Morgan fingerprint density at radius 2 is 2.33 bits per heavy atom. The summed E-state index contributed by atoms with van der Waals surface area (Å²) in [5.74, 6) is -0.434. The first-order valence-corrected chi connectivity index (χ1v) is 6.39. The minimum Gasteiger partial charge on any atom is -0.393 e. The van der Waals surface area contributed by atoms with Gasteiger partial charge >= 0.3 is 0 Å². The Hall–Kier alpha value is -1.07. The summed E-state index contributed by atoms with van der Waals surface area (Å²) in [5, 5.41) is 9.50. The molecule has 1 aliphatic rings. The molecule has 2 unspecified atom stereocenters. The van der Waals surface area contributed by atoms with Gasteiger partial charge in [0.1, 0.15) is 5.82 Å². The molecule has 18 heavy (non-hydrogen) atoms. The van der Waals surface area contributed by atoms with E-state index in [1.807, 2.05) is 0 Å². The zero-order valence-electron chi connectivity index (χ0n) is 10.1. The third-order valence-corrected chi connectivity index (χ3v) is 3.73. The maximum Gasteiger partial charge on any atom is 0.253 e. The molecule has 0 aliphatic carbocycles. The molecule has 1 aromatic rings. The highest BCUT2D eigenvalue weighted by Gasteiger charge is 2.29. The molecule has 2 rings (SSSR count). The Bertz CT molecular complexity index is 464. The van der Waals surface area contributed by atoms with Crippen molar-refractivity contribution in [2.75, 3.05) is 13.1 Å².